The van der Waals surface area contributed by atoms with Crippen LogP contribution in [0.2, 0.25) is 0 Å². The van der Waals surface area contributed by atoms with Gasteiger partial charge in [-0.05, 0) is 134 Å². The molecule has 356 valence electrons. The summed E-state index contributed by atoms with van der Waals surface area (Å²) in [6, 6.07) is 55.3. The summed E-state index contributed by atoms with van der Waals surface area (Å²) in [5, 5.41) is 1.38. The lowest BCUT2D eigenvalue weighted by Crippen LogP contribution is -2.60. The first-order valence-electron chi connectivity index (χ1n) is 26.7. The van der Waals surface area contributed by atoms with Gasteiger partial charge >= 0.3 is 0 Å². The molecule has 7 aromatic carbocycles. The minimum atomic E-state index is -0.152. The van der Waals surface area contributed by atoms with Gasteiger partial charge < -0.3 is 14.4 Å². The summed E-state index contributed by atoms with van der Waals surface area (Å²) in [7, 11) is 0. The highest BCUT2D eigenvalue weighted by molar-refractivity contribution is 7.00. The second kappa shape index (κ2) is 14.5. The number of rotatable bonds is 3. The minimum Gasteiger partial charge on any atom is -0.334 e. The van der Waals surface area contributed by atoms with E-state index in [1.165, 1.54) is 136 Å². The number of anilines is 5. The predicted molar refractivity (Wildman–Crippen MR) is 305 cm³/mol. The fourth-order valence-electron chi connectivity index (χ4n) is 14.4. The van der Waals surface area contributed by atoms with Crippen molar-refractivity contribution in [2.45, 2.75) is 148 Å². The van der Waals surface area contributed by atoms with Crippen molar-refractivity contribution in [2.24, 2.45) is 0 Å². The summed E-state index contributed by atoms with van der Waals surface area (Å²) < 4.78 is 2.72. The number of aromatic nitrogens is 1. The monoisotopic (exact) mass is 928 g/mol. The molecule has 1 aromatic heterocycles. The van der Waals surface area contributed by atoms with Crippen molar-refractivity contribution >= 4 is 62.4 Å². The fraction of sp³-hybridized carbons (Fsp3) is 0.343. The largest absolute Gasteiger partial charge is 0.334 e. The summed E-state index contributed by atoms with van der Waals surface area (Å²) in [5.74, 6) is 0. The molecule has 2 unspecified atom stereocenters. The Morgan fingerprint density at radius 1 is 0.493 bits per heavy atom. The first-order chi connectivity index (χ1) is 33.6. The van der Waals surface area contributed by atoms with Crippen molar-refractivity contribution in [3.8, 4) is 28.1 Å². The predicted octanol–water partition coefficient (Wildman–Crippen LogP) is 15.9. The van der Waals surface area contributed by atoms with Gasteiger partial charge in [0.2, 0.25) is 0 Å². The third-order valence-electron chi connectivity index (χ3n) is 18.6. The minimum absolute atomic E-state index is 0.0149. The second-order valence-electron chi connectivity index (χ2n) is 26.1. The van der Waals surface area contributed by atoms with Gasteiger partial charge in [-0.2, -0.15) is 0 Å². The summed E-state index contributed by atoms with van der Waals surface area (Å²) in [5.41, 5.74) is 26.6. The van der Waals surface area contributed by atoms with Crippen molar-refractivity contribution in [3.05, 3.63) is 173 Å². The molecule has 8 aromatic rings. The van der Waals surface area contributed by atoms with E-state index in [0.29, 0.717) is 0 Å². The zero-order chi connectivity index (χ0) is 49.5. The molecule has 4 heteroatoms. The molecule has 0 bridgehead atoms. The van der Waals surface area contributed by atoms with Crippen LogP contribution in [0.4, 0.5) is 28.4 Å². The molecule has 71 heavy (non-hydrogen) atoms. The van der Waals surface area contributed by atoms with Crippen LogP contribution in [0.5, 0.6) is 0 Å². The quantitative estimate of drug-likeness (QED) is 0.164. The first kappa shape index (κ1) is 44.7. The maximum atomic E-state index is 2.80. The summed E-state index contributed by atoms with van der Waals surface area (Å²) in [6.45, 7) is 31.4. The molecule has 3 aliphatic heterocycles. The molecule has 1 fully saturated rings. The zero-order valence-electron chi connectivity index (χ0n) is 44.5. The van der Waals surface area contributed by atoms with E-state index in [1.807, 2.05) is 0 Å². The smallest absolute Gasteiger partial charge is 0.252 e. The van der Waals surface area contributed by atoms with Gasteiger partial charge in [0.25, 0.3) is 6.71 Å². The molecule has 13 rings (SSSR count). The molecule has 2 aliphatic carbocycles. The molecule has 0 N–H and O–H groups in total. The van der Waals surface area contributed by atoms with Gasteiger partial charge in [0.1, 0.15) is 0 Å². The standard InChI is InChI=1S/C67H70BN3/c1-62(2,3)42-28-32-53(48(36-42)41-22-15-14-16-23-41)69-55-40-45(71-54-33-29-43(63(4,5)6)37-50(54)66(12)34-19-20-35-67(66,71)13)30-31-51(55)68-52-27-21-25-47-58-61(46-24-17-18-26-49(46)65(58,10)11)70(60(47)52)57-39-44(64(7,8)9)38-56(69)59(57)68/h14-18,21-33,36-40H,19-20,34-35H2,1-13H3. The Hall–Kier alpha value is -6.26. The Morgan fingerprint density at radius 2 is 1.15 bits per heavy atom. The van der Waals surface area contributed by atoms with Gasteiger partial charge in [-0.15, -0.1) is 0 Å². The lowest BCUT2D eigenvalue weighted by Gasteiger charge is -2.50. The number of nitrogens with zero attached hydrogens (tertiary/aromatic N) is 3. The van der Waals surface area contributed by atoms with Crippen molar-refractivity contribution in [1.29, 1.82) is 0 Å². The van der Waals surface area contributed by atoms with E-state index in [1.54, 1.807) is 0 Å². The molecule has 0 amide bonds. The van der Waals surface area contributed by atoms with Crippen LogP contribution in [0.3, 0.4) is 0 Å². The number of fused-ring (bicyclic) bond motifs is 12. The van der Waals surface area contributed by atoms with Crippen molar-refractivity contribution in [2.75, 3.05) is 9.80 Å². The van der Waals surface area contributed by atoms with E-state index in [4.69, 9.17) is 0 Å². The van der Waals surface area contributed by atoms with E-state index >= 15 is 0 Å². The van der Waals surface area contributed by atoms with Crippen molar-refractivity contribution in [3.63, 3.8) is 0 Å². The SMILES string of the molecule is CC(C)(C)c1ccc(N2c3cc(N4c5ccc(C(C)(C)C)cc5C5(C)CCCCC45C)ccc3B3c4c2cc(C(C)(C)C)cc4-n2c4c(c5cccc3c52)C(C)(C)c2ccccc2-4)c(-c2ccccc2)c1. The molecule has 1 saturated carbocycles. The molecule has 0 spiro atoms. The summed E-state index contributed by atoms with van der Waals surface area (Å²) >= 11 is 0. The fourth-order valence-corrected chi connectivity index (χ4v) is 14.4. The number of hydrogen-bond donors (Lipinski definition) is 0. The third kappa shape index (κ3) is 5.97. The number of hydrogen-bond acceptors (Lipinski definition) is 2. The van der Waals surface area contributed by atoms with E-state index in [0.717, 1.165) is 6.42 Å². The van der Waals surface area contributed by atoms with E-state index in [-0.39, 0.29) is 39.3 Å². The number of para-hydroxylation sites is 1. The van der Waals surface area contributed by atoms with E-state index in [2.05, 4.69) is 244 Å². The van der Waals surface area contributed by atoms with Gasteiger partial charge in [0.05, 0.1) is 16.9 Å². The molecular weight excluding hydrogens is 858 g/mol. The van der Waals surface area contributed by atoms with Crippen LogP contribution in [0, 0.1) is 0 Å². The van der Waals surface area contributed by atoms with Crippen LogP contribution in [0.1, 0.15) is 149 Å². The Bertz CT molecular complexity index is 3570. The van der Waals surface area contributed by atoms with Gasteiger partial charge in [-0.3, -0.25) is 0 Å². The molecule has 3 nitrogen and oxygen atoms in total. The van der Waals surface area contributed by atoms with Gasteiger partial charge in [-0.1, -0.05) is 193 Å². The molecular formula is C67H70BN3. The zero-order valence-corrected chi connectivity index (χ0v) is 44.5. The Balaban J connectivity index is 1.16. The highest BCUT2D eigenvalue weighted by Crippen LogP contribution is 2.62. The van der Waals surface area contributed by atoms with Crippen LogP contribution in [-0.4, -0.2) is 16.8 Å². The lowest BCUT2D eigenvalue weighted by molar-refractivity contribution is 0.195. The van der Waals surface area contributed by atoms with E-state index in [9.17, 15) is 0 Å². The first-order valence-corrected chi connectivity index (χ1v) is 26.7. The van der Waals surface area contributed by atoms with Crippen LogP contribution in [0.15, 0.2) is 140 Å². The number of benzene rings is 7. The van der Waals surface area contributed by atoms with Crippen LogP contribution < -0.4 is 26.2 Å². The lowest BCUT2D eigenvalue weighted by atomic mass is 9.33. The van der Waals surface area contributed by atoms with E-state index < -0.39 is 0 Å². The van der Waals surface area contributed by atoms with Crippen LogP contribution in [-0.2, 0) is 27.1 Å². The Kier molecular flexibility index (Phi) is 9.10. The maximum Gasteiger partial charge on any atom is 0.252 e. The van der Waals surface area contributed by atoms with Crippen LogP contribution in [0.25, 0.3) is 39.0 Å². The van der Waals surface area contributed by atoms with Gasteiger partial charge in [-0.25, -0.2) is 0 Å². The topological polar surface area (TPSA) is 11.4 Å². The molecule has 4 heterocycles. The maximum absolute atomic E-state index is 2.80. The highest BCUT2D eigenvalue weighted by atomic mass is 15.3. The third-order valence-corrected chi connectivity index (χ3v) is 18.6. The Labute approximate surface area is 424 Å². The Morgan fingerprint density at radius 3 is 1.89 bits per heavy atom. The van der Waals surface area contributed by atoms with Crippen LogP contribution >= 0.6 is 0 Å². The van der Waals surface area contributed by atoms with Gasteiger partial charge in [0.15, 0.2) is 0 Å². The average Bonchev–Trinajstić information content (AvgIpc) is 3.88. The average molecular weight is 928 g/mol. The summed E-state index contributed by atoms with van der Waals surface area (Å²) in [6.07, 6.45) is 4.85. The molecule has 0 radical (unpaired) electrons. The molecule has 0 saturated heterocycles. The van der Waals surface area contributed by atoms with Crippen molar-refractivity contribution < 1.29 is 0 Å². The van der Waals surface area contributed by atoms with Gasteiger partial charge in [0, 0.05) is 61.3 Å². The molecule has 5 aliphatic rings. The summed E-state index contributed by atoms with van der Waals surface area (Å²) in [4.78, 5) is 5.52. The van der Waals surface area contributed by atoms with Crippen molar-refractivity contribution in [1.82, 2.24) is 4.57 Å². The highest BCUT2D eigenvalue weighted by Gasteiger charge is 2.58. The molecule has 2 atom stereocenters. The normalized spacial score (nSPS) is 20.4. The second-order valence-corrected chi connectivity index (χ2v) is 26.1.